The Kier molecular flexibility index (Phi) is 6.94. The van der Waals surface area contributed by atoms with Gasteiger partial charge in [-0.3, -0.25) is 9.79 Å². The van der Waals surface area contributed by atoms with E-state index in [0.29, 0.717) is 18.0 Å². The third kappa shape index (κ3) is 5.63. The number of hydrogen-bond donors (Lipinski definition) is 3. The van der Waals surface area contributed by atoms with Gasteiger partial charge in [-0.25, -0.2) is 0 Å². The molecular formula is C22H28N4O3. The number of rotatable bonds is 7. The molecule has 3 rings (SSSR count). The minimum absolute atomic E-state index is 0.135. The number of carbonyl (C=O) groups is 1. The summed E-state index contributed by atoms with van der Waals surface area (Å²) in [5.74, 6) is 2.24. The molecule has 7 nitrogen and oxygen atoms in total. The number of benzene rings is 2. The van der Waals surface area contributed by atoms with Crippen LogP contribution >= 0.6 is 0 Å². The smallest absolute Gasteiger partial charge is 0.221 e. The van der Waals surface area contributed by atoms with Crippen LogP contribution in [0.4, 0.5) is 5.69 Å². The van der Waals surface area contributed by atoms with Crippen molar-refractivity contribution in [1.29, 1.82) is 0 Å². The molecule has 0 aromatic heterocycles. The number of nitrogens with one attached hydrogen (secondary N) is 3. The van der Waals surface area contributed by atoms with Gasteiger partial charge < -0.3 is 25.4 Å². The largest absolute Gasteiger partial charge is 0.495 e. The summed E-state index contributed by atoms with van der Waals surface area (Å²) in [5.41, 5.74) is 4.24. The lowest BCUT2D eigenvalue weighted by molar-refractivity contribution is -0.114. The highest BCUT2D eigenvalue weighted by Gasteiger charge is 2.12. The first kappa shape index (κ1) is 20.5. The number of guanidine groups is 1. The number of fused-ring (bicyclic) bond motifs is 1. The molecule has 3 N–H and O–H groups in total. The second-order valence-corrected chi connectivity index (χ2v) is 6.86. The third-order valence-corrected chi connectivity index (χ3v) is 4.72. The van der Waals surface area contributed by atoms with Gasteiger partial charge in [-0.05, 0) is 41.3 Å². The van der Waals surface area contributed by atoms with Gasteiger partial charge in [0.25, 0.3) is 0 Å². The first-order valence-electron chi connectivity index (χ1n) is 9.72. The maximum atomic E-state index is 11.4. The van der Waals surface area contributed by atoms with E-state index in [0.717, 1.165) is 43.3 Å². The number of ether oxygens (including phenoxy) is 2. The van der Waals surface area contributed by atoms with Crippen LogP contribution in [0.2, 0.25) is 0 Å². The molecule has 2 aromatic carbocycles. The molecule has 0 aliphatic carbocycles. The minimum atomic E-state index is -0.135. The Hall–Kier alpha value is -3.22. The fourth-order valence-electron chi connectivity index (χ4n) is 3.28. The number of amides is 1. The van der Waals surface area contributed by atoms with Gasteiger partial charge in [-0.1, -0.05) is 18.2 Å². The molecule has 0 saturated heterocycles. The predicted molar refractivity (Wildman–Crippen MR) is 115 cm³/mol. The molecule has 1 aliphatic rings. The molecule has 1 aliphatic heterocycles. The zero-order chi connectivity index (χ0) is 20.6. The summed E-state index contributed by atoms with van der Waals surface area (Å²) >= 11 is 0. The number of aliphatic imine (C=N–C) groups is 1. The highest BCUT2D eigenvalue weighted by molar-refractivity contribution is 5.90. The second kappa shape index (κ2) is 9.82. The van der Waals surface area contributed by atoms with E-state index in [1.54, 1.807) is 14.2 Å². The Morgan fingerprint density at radius 1 is 1.17 bits per heavy atom. The van der Waals surface area contributed by atoms with Crippen molar-refractivity contribution in [2.75, 3.05) is 32.6 Å². The molecule has 7 heteroatoms. The van der Waals surface area contributed by atoms with E-state index in [9.17, 15) is 4.79 Å². The fraction of sp³-hybridized carbons (Fsp3) is 0.364. The lowest BCUT2D eigenvalue weighted by Gasteiger charge is -2.14. The standard InChI is InChI=1S/C22H28N4O3/c1-15(27)26-19-13-17(5-7-21(19)28-3)14-25-22(23-2)24-10-8-16-4-6-20-18(12-16)9-11-29-20/h4-7,12-13H,8-11,14H2,1-3H3,(H,26,27)(H2,23,24,25). The average Bonchev–Trinajstić information content (AvgIpc) is 3.18. The Bertz CT molecular complexity index is 896. The lowest BCUT2D eigenvalue weighted by atomic mass is 10.1. The summed E-state index contributed by atoms with van der Waals surface area (Å²) in [7, 11) is 3.33. The molecular weight excluding hydrogens is 368 g/mol. The van der Waals surface area contributed by atoms with Crippen molar-refractivity contribution in [1.82, 2.24) is 10.6 Å². The van der Waals surface area contributed by atoms with Crippen LogP contribution in [0.3, 0.4) is 0 Å². The van der Waals surface area contributed by atoms with Gasteiger partial charge in [0.1, 0.15) is 11.5 Å². The number of methoxy groups -OCH3 is 1. The van der Waals surface area contributed by atoms with Gasteiger partial charge in [0.2, 0.25) is 5.91 Å². The highest BCUT2D eigenvalue weighted by atomic mass is 16.5. The van der Waals surface area contributed by atoms with E-state index in [-0.39, 0.29) is 5.91 Å². The summed E-state index contributed by atoms with van der Waals surface area (Å²) < 4.78 is 10.8. The molecule has 154 valence electrons. The fourth-order valence-corrected chi connectivity index (χ4v) is 3.28. The number of carbonyl (C=O) groups excluding carboxylic acids is 1. The molecule has 0 radical (unpaired) electrons. The number of nitrogens with zero attached hydrogens (tertiary/aromatic N) is 1. The summed E-state index contributed by atoms with van der Waals surface area (Å²) in [6.07, 6.45) is 1.89. The lowest BCUT2D eigenvalue weighted by Crippen LogP contribution is -2.37. The van der Waals surface area contributed by atoms with Gasteiger partial charge in [0.05, 0.1) is 19.4 Å². The van der Waals surface area contributed by atoms with E-state index in [2.05, 4.69) is 39.1 Å². The van der Waals surface area contributed by atoms with E-state index in [1.165, 1.54) is 18.1 Å². The molecule has 1 heterocycles. The Labute approximate surface area is 171 Å². The average molecular weight is 396 g/mol. The Balaban J connectivity index is 1.51. The Morgan fingerprint density at radius 2 is 2.00 bits per heavy atom. The summed E-state index contributed by atoms with van der Waals surface area (Å²) in [6, 6.07) is 12.1. The molecule has 1 amide bonds. The minimum Gasteiger partial charge on any atom is -0.495 e. The van der Waals surface area contributed by atoms with Gasteiger partial charge in [-0.15, -0.1) is 0 Å². The first-order chi connectivity index (χ1) is 14.1. The van der Waals surface area contributed by atoms with Crippen LogP contribution in [-0.4, -0.2) is 39.2 Å². The maximum Gasteiger partial charge on any atom is 0.221 e. The van der Waals surface area contributed by atoms with Gasteiger partial charge >= 0.3 is 0 Å². The van der Waals surface area contributed by atoms with Crippen LogP contribution in [0.15, 0.2) is 41.4 Å². The van der Waals surface area contributed by atoms with Crippen molar-refractivity contribution >= 4 is 17.6 Å². The van der Waals surface area contributed by atoms with Crippen LogP contribution < -0.4 is 25.4 Å². The van der Waals surface area contributed by atoms with Crippen molar-refractivity contribution < 1.29 is 14.3 Å². The van der Waals surface area contributed by atoms with E-state index < -0.39 is 0 Å². The zero-order valence-corrected chi connectivity index (χ0v) is 17.2. The van der Waals surface area contributed by atoms with Gasteiger partial charge in [-0.2, -0.15) is 0 Å². The van der Waals surface area contributed by atoms with E-state index in [4.69, 9.17) is 9.47 Å². The quantitative estimate of drug-likeness (QED) is 0.495. The normalized spacial score (nSPS) is 12.7. The molecule has 0 fully saturated rings. The van der Waals surface area contributed by atoms with E-state index in [1.807, 2.05) is 18.2 Å². The third-order valence-electron chi connectivity index (χ3n) is 4.72. The topological polar surface area (TPSA) is 84.0 Å². The highest BCUT2D eigenvalue weighted by Crippen LogP contribution is 2.26. The Morgan fingerprint density at radius 3 is 2.76 bits per heavy atom. The zero-order valence-electron chi connectivity index (χ0n) is 17.2. The molecule has 0 saturated carbocycles. The van der Waals surface area contributed by atoms with Gasteiger partial charge in [0, 0.05) is 33.5 Å². The van der Waals surface area contributed by atoms with Crippen LogP contribution in [0.25, 0.3) is 0 Å². The molecule has 0 spiro atoms. The van der Waals surface area contributed by atoms with Crippen molar-refractivity contribution in [2.45, 2.75) is 26.3 Å². The molecule has 29 heavy (non-hydrogen) atoms. The molecule has 0 bridgehead atoms. The second-order valence-electron chi connectivity index (χ2n) is 6.86. The van der Waals surface area contributed by atoms with Crippen LogP contribution in [0.1, 0.15) is 23.6 Å². The van der Waals surface area contributed by atoms with Crippen molar-refractivity contribution in [2.24, 2.45) is 4.99 Å². The maximum absolute atomic E-state index is 11.4. The number of anilines is 1. The number of hydrogen-bond acceptors (Lipinski definition) is 4. The molecule has 0 unspecified atom stereocenters. The van der Waals surface area contributed by atoms with Crippen LogP contribution in [0, 0.1) is 0 Å². The van der Waals surface area contributed by atoms with Crippen LogP contribution in [-0.2, 0) is 24.2 Å². The summed E-state index contributed by atoms with van der Waals surface area (Å²) in [5, 5.41) is 9.43. The van der Waals surface area contributed by atoms with Crippen molar-refractivity contribution in [3.8, 4) is 11.5 Å². The first-order valence-corrected chi connectivity index (χ1v) is 9.72. The van der Waals surface area contributed by atoms with Crippen LogP contribution in [0.5, 0.6) is 11.5 Å². The van der Waals surface area contributed by atoms with Crippen molar-refractivity contribution in [3.63, 3.8) is 0 Å². The molecule has 2 aromatic rings. The monoisotopic (exact) mass is 396 g/mol. The molecule has 0 atom stereocenters. The predicted octanol–water partition coefficient (Wildman–Crippen LogP) is 2.50. The van der Waals surface area contributed by atoms with E-state index >= 15 is 0 Å². The van der Waals surface area contributed by atoms with Gasteiger partial charge in [0.15, 0.2) is 5.96 Å². The summed E-state index contributed by atoms with van der Waals surface area (Å²) in [6.45, 7) is 3.61. The summed E-state index contributed by atoms with van der Waals surface area (Å²) in [4.78, 5) is 15.7. The SMILES string of the molecule is CN=C(NCCc1ccc2c(c1)CCO2)NCc1ccc(OC)c(NC(C)=O)c1. The van der Waals surface area contributed by atoms with Crippen molar-refractivity contribution in [3.05, 3.63) is 53.1 Å².